The molecule has 0 aliphatic carbocycles. The van der Waals surface area contributed by atoms with E-state index in [1.807, 2.05) is 0 Å². The fraction of sp³-hybridized carbons (Fsp3) is 0.654. The molecule has 0 amide bonds. The lowest BCUT2D eigenvalue weighted by Gasteiger charge is -2.03. The van der Waals surface area contributed by atoms with Crippen LogP contribution in [0, 0.1) is 0 Å². The maximum atomic E-state index is 10.3. The van der Waals surface area contributed by atoms with E-state index in [9.17, 15) is 4.79 Å². The highest BCUT2D eigenvalue weighted by Gasteiger charge is 1.97. The number of rotatable bonds is 16. The molecule has 2 heteroatoms. The van der Waals surface area contributed by atoms with Crippen molar-refractivity contribution in [3.05, 3.63) is 36.4 Å². The lowest BCUT2D eigenvalue weighted by molar-refractivity contribution is -0.137. The van der Waals surface area contributed by atoms with Crippen LogP contribution in [0.4, 0.5) is 0 Å². The van der Waals surface area contributed by atoms with Crippen molar-refractivity contribution in [2.45, 2.75) is 110 Å². The molecule has 0 unspecified atom stereocenters. The van der Waals surface area contributed by atoms with Crippen LogP contribution in [0.5, 0.6) is 0 Å². The van der Waals surface area contributed by atoms with Gasteiger partial charge in [0.25, 0.3) is 0 Å². The summed E-state index contributed by atoms with van der Waals surface area (Å²) in [6, 6.07) is 12.7. The van der Waals surface area contributed by atoms with Gasteiger partial charge in [-0.05, 0) is 17.2 Å². The molecule has 0 fully saturated rings. The van der Waals surface area contributed by atoms with E-state index >= 15 is 0 Å². The van der Waals surface area contributed by atoms with Gasteiger partial charge in [0.1, 0.15) is 0 Å². The number of carbonyl (C=O) groups is 1. The van der Waals surface area contributed by atoms with Gasteiger partial charge in [-0.15, -0.1) is 0 Å². The summed E-state index contributed by atoms with van der Waals surface area (Å²) >= 11 is 0. The Hall–Kier alpha value is -1.57. The number of hydrogen-bond donors (Lipinski definition) is 1. The van der Waals surface area contributed by atoms with Crippen molar-refractivity contribution in [2.24, 2.45) is 0 Å². The summed E-state index contributed by atoms with van der Waals surface area (Å²) in [7, 11) is 0. The van der Waals surface area contributed by atoms with E-state index in [0.29, 0.717) is 6.42 Å². The SMILES string of the molecule is CCCCCCCCCCCCCCCCCC(=O)O.c1cc2ccc1cc2. The van der Waals surface area contributed by atoms with Crippen LogP contribution in [0.1, 0.15) is 110 Å². The van der Waals surface area contributed by atoms with E-state index in [0.717, 1.165) is 12.8 Å². The van der Waals surface area contributed by atoms with Crippen molar-refractivity contribution in [3.8, 4) is 0 Å². The summed E-state index contributed by atoms with van der Waals surface area (Å²) in [5, 5.41) is 11.1. The summed E-state index contributed by atoms with van der Waals surface area (Å²) in [6.45, 7) is 2.27. The van der Waals surface area contributed by atoms with Crippen LogP contribution in [-0.2, 0) is 4.79 Å². The van der Waals surface area contributed by atoms with E-state index in [4.69, 9.17) is 5.11 Å². The first-order chi connectivity index (χ1) is 13.7. The van der Waals surface area contributed by atoms with Crippen LogP contribution in [0.25, 0.3) is 10.8 Å². The molecule has 0 atom stereocenters. The van der Waals surface area contributed by atoms with E-state index in [-0.39, 0.29) is 0 Å². The highest BCUT2D eigenvalue weighted by molar-refractivity contribution is 5.68. The van der Waals surface area contributed by atoms with Gasteiger partial charge in [0, 0.05) is 6.42 Å². The van der Waals surface area contributed by atoms with Gasteiger partial charge in [-0.25, -0.2) is 0 Å². The molecule has 3 rings (SSSR count). The molecule has 0 aliphatic rings. The highest BCUT2D eigenvalue weighted by Crippen LogP contribution is 2.13. The molecule has 28 heavy (non-hydrogen) atoms. The fourth-order valence-electron chi connectivity index (χ4n) is 3.56. The predicted octanol–water partition coefficient (Wildman–Crippen LogP) is 8.61. The largest absolute Gasteiger partial charge is 0.481 e. The van der Waals surface area contributed by atoms with Crippen LogP contribution in [0.2, 0.25) is 0 Å². The maximum Gasteiger partial charge on any atom is 0.303 e. The van der Waals surface area contributed by atoms with Crippen molar-refractivity contribution in [3.63, 3.8) is 0 Å². The normalized spacial score (nSPS) is 10.8. The first-order valence-corrected chi connectivity index (χ1v) is 11.7. The number of carboxylic acids is 1. The standard InChI is InChI=1S/C18H36O2.C8H6/c1-2-3-4-5-6-7-8-9-10-11-12-13-14-15-16-17-18(19)20;1-2-8-5-3-7(1)4-6-8/h2-17H2,1H3,(H,19,20);1-6H. The number of aliphatic carboxylic acids is 1. The van der Waals surface area contributed by atoms with E-state index < -0.39 is 5.97 Å². The average Bonchev–Trinajstić information content (AvgIpc) is 2.72. The second-order valence-electron chi connectivity index (χ2n) is 8.09. The smallest absolute Gasteiger partial charge is 0.303 e. The molecule has 2 bridgehead atoms. The van der Waals surface area contributed by atoms with Gasteiger partial charge in [-0.2, -0.15) is 0 Å². The molecule has 0 spiro atoms. The molecule has 158 valence electrons. The van der Waals surface area contributed by atoms with Gasteiger partial charge >= 0.3 is 5.97 Å². The summed E-state index contributed by atoms with van der Waals surface area (Å²) in [5.41, 5.74) is 0. The quantitative estimate of drug-likeness (QED) is 0.293. The molecule has 0 aliphatic heterocycles. The Morgan fingerprint density at radius 2 is 0.857 bits per heavy atom. The van der Waals surface area contributed by atoms with Crippen LogP contribution in [0.15, 0.2) is 36.4 Å². The maximum absolute atomic E-state index is 10.3. The second kappa shape index (κ2) is 17.5. The van der Waals surface area contributed by atoms with Gasteiger partial charge in [0.15, 0.2) is 0 Å². The van der Waals surface area contributed by atoms with E-state index in [1.54, 1.807) is 0 Å². The Bertz CT molecular complexity index is 500. The molecular weight excluding hydrogens is 344 g/mol. The Kier molecular flexibility index (Phi) is 15.3. The average molecular weight is 387 g/mol. The van der Waals surface area contributed by atoms with E-state index in [1.165, 1.54) is 94.2 Å². The van der Waals surface area contributed by atoms with Gasteiger partial charge < -0.3 is 5.11 Å². The van der Waals surface area contributed by atoms with Crippen molar-refractivity contribution < 1.29 is 9.90 Å². The zero-order chi connectivity index (χ0) is 20.3. The molecule has 3 aromatic carbocycles. The number of fused-ring (bicyclic) bond motifs is 3. The number of hydrogen-bond acceptors (Lipinski definition) is 1. The molecule has 0 aromatic heterocycles. The lowest BCUT2D eigenvalue weighted by atomic mass is 10.0. The molecule has 3 aromatic rings. The van der Waals surface area contributed by atoms with Crippen LogP contribution < -0.4 is 0 Å². The number of benzene rings is 3. The number of carboxylic acid groups (broad SMARTS) is 1. The molecule has 0 saturated heterocycles. The summed E-state index contributed by atoms with van der Waals surface area (Å²) in [5.74, 6) is -0.653. The second-order valence-corrected chi connectivity index (χ2v) is 8.09. The third kappa shape index (κ3) is 14.5. The van der Waals surface area contributed by atoms with Crippen LogP contribution in [-0.4, -0.2) is 11.1 Å². The third-order valence-corrected chi connectivity index (χ3v) is 5.40. The van der Waals surface area contributed by atoms with Crippen molar-refractivity contribution in [1.82, 2.24) is 0 Å². The minimum absolute atomic E-state index is 0.345. The van der Waals surface area contributed by atoms with Crippen molar-refractivity contribution in [1.29, 1.82) is 0 Å². The third-order valence-electron chi connectivity index (χ3n) is 5.40. The molecule has 0 heterocycles. The minimum atomic E-state index is -0.653. The molecule has 0 radical (unpaired) electrons. The molecule has 1 N–H and O–H groups in total. The van der Waals surface area contributed by atoms with Crippen LogP contribution >= 0.6 is 0 Å². The van der Waals surface area contributed by atoms with Crippen LogP contribution in [0.3, 0.4) is 0 Å². The molecule has 2 nitrogen and oxygen atoms in total. The Labute approximate surface area is 173 Å². The zero-order valence-electron chi connectivity index (χ0n) is 18.1. The summed E-state index contributed by atoms with van der Waals surface area (Å²) < 4.78 is 0. The first kappa shape index (κ1) is 24.5. The topological polar surface area (TPSA) is 37.3 Å². The molecule has 0 saturated carbocycles. The van der Waals surface area contributed by atoms with E-state index in [2.05, 4.69) is 43.3 Å². The molecular formula is C26H42O2. The predicted molar refractivity (Wildman–Crippen MR) is 122 cm³/mol. The van der Waals surface area contributed by atoms with Gasteiger partial charge in [-0.1, -0.05) is 133 Å². The minimum Gasteiger partial charge on any atom is -0.481 e. The summed E-state index contributed by atoms with van der Waals surface area (Å²) in [6.07, 6.45) is 20.2. The summed E-state index contributed by atoms with van der Waals surface area (Å²) in [4.78, 5) is 10.3. The lowest BCUT2D eigenvalue weighted by Crippen LogP contribution is -1.93. The van der Waals surface area contributed by atoms with Gasteiger partial charge in [-0.3, -0.25) is 4.79 Å². The Morgan fingerprint density at radius 1 is 0.571 bits per heavy atom. The van der Waals surface area contributed by atoms with Gasteiger partial charge in [0.05, 0.1) is 0 Å². The zero-order valence-corrected chi connectivity index (χ0v) is 18.1. The Balaban J connectivity index is 0.000000395. The van der Waals surface area contributed by atoms with Crippen molar-refractivity contribution in [2.75, 3.05) is 0 Å². The Morgan fingerprint density at radius 3 is 1.11 bits per heavy atom. The highest BCUT2D eigenvalue weighted by atomic mass is 16.4. The van der Waals surface area contributed by atoms with Crippen molar-refractivity contribution >= 4 is 16.7 Å². The number of unbranched alkanes of at least 4 members (excludes halogenated alkanes) is 14. The first-order valence-electron chi connectivity index (χ1n) is 11.7. The van der Waals surface area contributed by atoms with Gasteiger partial charge in [0.2, 0.25) is 0 Å². The fourth-order valence-corrected chi connectivity index (χ4v) is 3.56. The monoisotopic (exact) mass is 386 g/mol.